The average Bonchev–Trinajstić information content (AvgIpc) is 3.00. The van der Waals surface area contributed by atoms with Gasteiger partial charge >= 0.3 is 0 Å². The summed E-state index contributed by atoms with van der Waals surface area (Å²) in [4.78, 5) is 17.5. The number of benzene rings is 2. The fraction of sp³-hybridized carbons (Fsp3) is 0.111. The summed E-state index contributed by atoms with van der Waals surface area (Å²) in [6.07, 6.45) is 0.686. The number of aromatic nitrogens is 2. The predicted octanol–water partition coefficient (Wildman–Crippen LogP) is 3.69. The molecule has 2 aromatic heterocycles. The van der Waals surface area contributed by atoms with Crippen molar-refractivity contribution in [3.05, 3.63) is 70.8 Å². The average molecular weight is 290 g/mol. The normalized spacial score (nSPS) is 11.3. The first kappa shape index (κ1) is 12.8. The van der Waals surface area contributed by atoms with E-state index in [4.69, 9.17) is 4.42 Å². The van der Waals surface area contributed by atoms with Crippen LogP contribution in [-0.2, 0) is 6.42 Å². The van der Waals surface area contributed by atoms with E-state index in [9.17, 15) is 4.79 Å². The van der Waals surface area contributed by atoms with Crippen molar-refractivity contribution in [2.75, 3.05) is 0 Å². The van der Waals surface area contributed by atoms with Crippen molar-refractivity contribution in [3.8, 4) is 5.69 Å². The number of para-hydroxylation sites is 1. The van der Waals surface area contributed by atoms with Crippen molar-refractivity contribution in [2.45, 2.75) is 13.3 Å². The molecule has 4 heteroatoms. The highest BCUT2D eigenvalue weighted by Gasteiger charge is 2.17. The Morgan fingerprint density at radius 2 is 1.68 bits per heavy atom. The number of nitrogens with zero attached hydrogens (tertiary/aromatic N) is 2. The number of pyridine rings is 1. The Balaban J connectivity index is 2.25. The van der Waals surface area contributed by atoms with E-state index in [1.807, 2.05) is 61.5 Å². The lowest BCUT2D eigenvalue weighted by molar-refractivity contribution is 0.521. The maximum absolute atomic E-state index is 12.9. The smallest absolute Gasteiger partial charge is 0.265 e. The van der Waals surface area contributed by atoms with Gasteiger partial charge in [-0.3, -0.25) is 4.79 Å². The van der Waals surface area contributed by atoms with E-state index >= 15 is 0 Å². The summed E-state index contributed by atoms with van der Waals surface area (Å²) in [6, 6.07) is 17.0. The lowest BCUT2D eigenvalue weighted by Gasteiger charge is -2.08. The molecule has 4 aromatic rings. The van der Waals surface area contributed by atoms with Gasteiger partial charge in [-0.25, -0.2) is 9.55 Å². The SMILES string of the molecule is CCc1nc2c3ccccc3c(=O)n(-c3ccccc3)c2o1. The third kappa shape index (κ3) is 1.77. The second kappa shape index (κ2) is 4.84. The number of oxazole rings is 1. The number of fused-ring (bicyclic) bond motifs is 3. The second-order valence-electron chi connectivity index (χ2n) is 5.14. The Morgan fingerprint density at radius 1 is 1.00 bits per heavy atom. The molecule has 0 amide bonds. The van der Waals surface area contributed by atoms with E-state index in [0.29, 0.717) is 23.4 Å². The zero-order valence-electron chi connectivity index (χ0n) is 12.1. The summed E-state index contributed by atoms with van der Waals surface area (Å²) in [5.74, 6) is 0.635. The molecule has 4 nitrogen and oxygen atoms in total. The highest BCUT2D eigenvalue weighted by Crippen LogP contribution is 2.25. The predicted molar refractivity (Wildman–Crippen MR) is 86.5 cm³/mol. The van der Waals surface area contributed by atoms with Crippen molar-refractivity contribution in [1.29, 1.82) is 0 Å². The van der Waals surface area contributed by atoms with Gasteiger partial charge in [0, 0.05) is 17.2 Å². The van der Waals surface area contributed by atoms with Crippen LogP contribution in [0.15, 0.2) is 63.8 Å². The third-order valence-electron chi connectivity index (χ3n) is 3.79. The topological polar surface area (TPSA) is 48.0 Å². The van der Waals surface area contributed by atoms with Gasteiger partial charge in [0.05, 0.1) is 5.69 Å². The van der Waals surface area contributed by atoms with Gasteiger partial charge < -0.3 is 4.42 Å². The summed E-state index contributed by atoms with van der Waals surface area (Å²) in [7, 11) is 0. The van der Waals surface area contributed by atoms with Gasteiger partial charge in [0.15, 0.2) is 5.89 Å². The molecule has 22 heavy (non-hydrogen) atoms. The van der Waals surface area contributed by atoms with Gasteiger partial charge in [-0.2, -0.15) is 0 Å². The lowest BCUT2D eigenvalue weighted by atomic mass is 10.1. The minimum absolute atomic E-state index is 0.0897. The summed E-state index contributed by atoms with van der Waals surface area (Å²) >= 11 is 0. The number of aryl methyl sites for hydroxylation is 1. The Kier molecular flexibility index (Phi) is 2.82. The molecule has 0 spiro atoms. The summed E-state index contributed by atoms with van der Waals surface area (Å²) in [5, 5.41) is 1.48. The van der Waals surface area contributed by atoms with Crippen LogP contribution in [0.5, 0.6) is 0 Å². The Hall–Kier alpha value is -2.88. The molecule has 0 aliphatic heterocycles. The van der Waals surface area contributed by atoms with Gasteiger partial charge in [-0.1, -0.05) is 43.3 Å². The second-order valence-corrected chi connectivity index (χ2v) is 5.14. The summed E-state index contributed by atoms with van der Waals surface area (Å²) in [6.45, 7) is 1.98. The first-order valence-corrected chi connectivity index (χ1v) is 7.28. The van der Waals surface area contributed by atoms with Crippen LogP contribution in [0.4, 0.5) is 0 Å². The van der Waals surface area contributed by atoms with Crippen LogP contribution in [0.1, 0.15) is 12.8 Å². The molecule has 108 valence electrons. The molecule has 0 fully saturated rings. The highest BCUT2D eigenvalue weighted by molar-refractivity contribution is 6.02. The number of rotatable bonds is 2. The third-order valence-corrected chi connectivity index (χ3v) is 3.79. The lowest BCUT2D eigenvalue weighted by Crippen LogP contribution is -2.18. The van der Waals surface area contributed by atoms with Crippen LogP contribution in [-0.4, -0.2) is 9.55 Å². The van der Waals surface area contributed by atoms with Gasteiger partial charge in [-0.15, -0.1) is 0 Å². The molecule has 0 saturated carbocycles. The monoisotopic (exact) mass is 290 g/mol. The molecule has 0 N–H and O–H groups in total. The van der Waals surface area contributed by atoms with Crippen LogP contribution in [0.3, 0.4) is 0 Å². The van der Waals surface area contributed by atoms with E-state index < -0.39 is 0 Å². The molecular formula is C18H14N2O2. The molecule has 2 heterocycles. The molecule has 0 radical (unpaired) electrons. The first-order valence-electron chi connectivity index (χ1n) is 7.28. The van der Waals surface area contributed by atoms with Crippen LogP contribution in [0.2, 0.25) is 0 Å². The summed E-state index contributed by atoms with van der Waals surface area (Å²) in [5.41, 5.74) is 1.93. The molecule has 0 unspecified atom stereocenters. The zero-order chi connectivity index (χ0) is 15.1. The van der Waals surface area contributed by atoms with Gasteiger partial charge in [0.25, 0.3) is 5.56 Å². The van der Waals surface area contributed by atoms with Crippen LogP contribution < -0.4 is 5.56 Å². The minimum Gasteiger partial charge on any atom is -0.424 e. The van der Waals surface area contributed by atoms with Crippen LogP contribution in [0.25, 0.3) is 27.7 Å². The fourth-order valence-corrected chi connectivity index (χ4v) is 2.73. The molecule has 0 saturated heterocycles. The van der Waals surface area contributed by atoms with Crippen LogP contribution >= 0.6 is 0 Å². The van der Waals surface area contributed by atoms with Crippen molar-refractivity contribution in [2.24, 2.45) is 0 Å². The first-order chi connectivity index (χ1) is 10.8. The molecule has 2 aromatic carbocycles. The Morgan fingerprint density at radius 3 is 2.41 bits per heavy atom. The summed E-state index contributed by atoms with van der Waals surface area (Å²) < 4.78 is 7.44. The van der Waals surface area contributed by atoms with E-state index in [1.54, 1.807) is 4.57 Å². The van der Waals surface area contributed by atoms with Gasteiger partial charge in [0.2, 0.25) is 5.71 Å². The maximum atomic E-state index is 12.9. The zero-order valence-corrected chi connectivity index (χ0v) is 12.1. The number of hydrogen-bond donors (Lipinski definition) is 0. The minimum atomic E-state index is -0.0897. The maximum Gasteiger partial charge on any atom is 0.265 e. The molecule has 0 aliphatic carbocycles. The van der Waals surface area contributed by atoms with Crippen molar-refractivity contribution in [3.63, 3.8) is 0 Å². The quantitative estimate of drug-likeness (QED) is 0.565. The van der Waals surface area contributed by atoms with Crippen molar-refractivity contribution >= 4 is 22.0 Å². The molecule has 0 atom stereocenters. The van der Waals surface area contributed by atoms with Gasteiger partial charge in [0.1, 0.15) is 5.52 Å². The molecule has 0 aliphatic rings. The van der Waals surface area contributed by atoms with Gasteiger partial charge in [-0.05, 0) is 18.2 Å². The van der Waals surface area contributed by atoms with Crippen molar-refractivity contribution < 1.29 is 4.42 Å². The molecule has 4 rings (SSSR count). The molecular weight excluding hydrogens is 276 g/mol. The van der Waals surface area contributed by atoms with E-state index in [1.165, 1.54) is 0 Å². The number of hydrogen-bond acceptors (Lipinski definition) is 3. The fourth-order valence-electron chi connectivity index (χ4n) is 2.73. The van der Waals surface area contributed by atoms with E-state index in [2.05, 4.69) is 4.98 Å². The standard InChI is InChI=1S/C18H14N2O2/c1-2-15-19-16-13-10-6-7-11-14(13)17(21)20(18(16)22-15)12-8-4-3-5-9-12/h3-11H,2H2,1H3. The Bertz CT molecular complexity index is 1030. The van der Waals surface area contributed by atoms with Crippen LogP contribution in [0, 0.1) is 0 Å². The highest BCUT2D eigenvalue weighted by atomic mass is 16.4. The van der Waals surface area contributed by atoms with Crippen molar-refractivity contribution in [1.82, 2.24) is 9.55 Å². The Labute approximate surface area is 126 Å². The van der Waals surface area contributed by atoms with E-state index in [0.717, 1.165) is 16.6 Å². The van der Waals surface area contributed by atoms with E-state index in [-0.39, 0.29) is 5.56 Å². The molecule has 0 bridgehead atoms. The largest absolute Gasteiger partial charge is 0.424 e.